The smallest absolute Gasteiger partial charge is 0.426 e. The highest BCUT2D eigenvalue weighted by atomic mass is 35.5. The lowest BCUT2D eigenvalue weighted by Gasteiger charge is -2.32. The van der Waals surface area contributed by atoms with Crippen molar-refractivity contribution in [3.63, 3.8) is 0 Å². The molecule has 4 nitrogen and oxygen atoms in total. The molecule has 0 aliphatic carbocycles. The zero-order chi connectivity index (χ0) is 19.1. The number of ketones is 1. The molecule has 1 aliphatic heterocycles. The van der Waals surface area contributed by atoms with Gasteiger partial charge in [-0.05, 0) is 54.4 Å². The van der Waals surface area contributed by atoms with Crippen LogP contribution in [0.1, 0.15) is 21.5 Å². The van der Waals surface area contributed by atoms with Crippen molar-refractivity contribution >= 4 is 23.4 Å². The van der Waals surface area contributed by atoms with Crippen LogP contribution in [-0.4, -0.2) is 29.1 Å². The molecule has 0 amide bonds. The lowest BCUT2D eigenvalue weighted by atomic mass is 9.88. The molecule has 1 N–H and O–H groups in total. The number of carbonyl (C=O) groups excluding carboxylic acids is 1. The van der Waals surface area contributed by atoms with Crippen molar-refractivity contribution in [1.82, 2.24) is 0 Å². The van der Waals surface area contributed by atoms with Gasteiger partial charge in [0.05, 0.1) is 0 Å². The van der Waals surface area contributed by atoms with E-state index in [2.05, 4.69) is 0 Å². The molecule has 0 saturated carbocycles. The lowest BCUT2D eigenvalue weighted by Crippen LogP contribution is -2.47. The van der Waals surface area contributed by atoms with Gasteiger partial charge in [-0.2, -0.15) is 13.2 Å². The van der Waals surface area contributed by atoms with E-state index in [1.165, 1.54) is 30.3 Å². The molecule has 0 bridgehead atoms. The SMILES string of the molecule is O=C(c1ccc(Cl)cc1)c1ccc2c(c1)C[C@@H](C(=O)O)[C@@H](C(F)(F)F)O2. The molecule has 0 spiro atoms. The second-order valence-corrected chi connectivity index (χ2v) is 6.32. The quantitative estimate of drug-likeness (QED) is 0.808. The first-order valence-corrected chi connectivity index (χ1v) is 7.94. The third-order valence-electron chi connectivity index (χ3n) is 4.13. The Kier molecular flexibility index (Phi) is 4.66. The van der Waals surface area contributed by atoms with Gasteiger partial charge in [-0.25, -0.2) is 0 Å². The fourth-order valence-corrected chi connectivity index (χ4v) is 2.96. The number of aliphatic carboxylic acids is 1. The van der Waals surface area contributed by atoms with Gasteiger partial charge in [-0.1, -0.05) is 11.6 Å². The minimum Gasteiger partial charge on any atom is -0.481 e. The highest BCUT2D eigenvalue weighted by Crippen LogP contribution is 2.39. The Labute approximate surface area is 151 Å². The zero-order valence-electron chi connectivity index (χ0n) is 13.1. The van der Waals surface area contributed by atoms with Gasteiger partial charge < -0.3 is 9.84 Å². The number of alkyl halides is 3. The van der Waals surface area contributed by atoms with Gasteiger partial charge in [0.25, 0.3) is 0 Å². The minimum atomic E-state index is -4.81. The first kappa shape index (κ1) is 18.3. The summed E-state index contributed by atoms with van der Waals surface area (Å²) in [7, 11) is 0. The van der Waals surface area contributed by atoms with Crippen LogP contribution >= 0.6 is 11.6 Å². The third kappa shape index (κ3) is 3.53. The number of fused-ring (bicyclic) bond motifs is 1. The van der Waals surface area contributed by atoms with Crippen molar-refractivity contribution in [3.8, 4) is 5.75 Å². The van der Waals surface area contributed by atoms with Crippen LogP contribution in [0.5, 0.6) is 5.75 Å². The van der Waals surface area contributed by atoms with Gasteiger partial charge in [0, 0.05) is 16.1 Å². The predicted molar refractivity (Wildman–Crippen MR) is 86.6 cm³/mol. The second kappa shape index (κ2) is 6.64. The summed E-state index contributed by atoms with van der Waals surface area (Å²) in [6, 6.07) is 10.1. The Morgan fingerprint density at radius 2 is 1.69 bits per heavy atom. The van der Waals surface area contributed by atoms with Gasteiger partial charge in [-0.15, -0.1) is 0 Å². The molecule has 136 valence electrons. The summed E-state index contributed by atoms with van der Waals surface area (Å²) in [4.78, 5) is 23.7. The first-order chi connectivity index (χ1) is 12.2. The summed E-state index contributed by atoms with van der Waals surface area (Å²) in [6.07, 6.45) is -7.61. The lowest BCUT2D eigenvalue weighted by molar-refractivity contribution is -0.217. The van der Waals surface area contributed by atoms with Crippen LogP contribution in [-0.2, 0) is 11.2 Å². The van der Waals surface area contributed by atoms with E-state index in [1.54, 1.807) is 12.1 Å². The minimum absolute atomic E-state index is 0.0718. The van der Waals surface area contributed by atoms with Crippen LogP contribution in [0, 0.1) is 5.92 Å². The summed E-state index contributed by atoms with van der Waals surface area (Å²) in [5.74, 6) is -3.80. The molecule has 8 heteroatoms. The molecular weight excluding hydrogens is 373 g/mol. The van der Waals surface area contributed by atoms with E-state index >= 15 is 0 Å². The molecule has 0 aromatic heterocycles. The molecule has 0 unspecified atom stereocenters. The topological polar surface area (TPSA) is 63.6 Å². The Bertz CT molecular complexity index is 862. The highest BCUT2D eigenvalue weighted by Gasteiger charge is 2.52. The molecule has 0 fully saturated rings. The van der Waals surface area contributed by atoms with E-state index < -0.39 is 24.2 Å². The van der Waals surface area contributed by atoms with E-state index in [9.17, 15) is 22.8 Å². The fraction of sp³-hybridized carbons (Fsp3) is 0.222. The standard InChI is InChI=1S/C18H12ClF3O4/c19-12-4-1-9(2-5-12)15(23)10-3-6-14-11(7-10)8-13(17(24)25)16(26-14)18(20,21)22/h1-7,13,16H,8H2,(H,24,25)/t13-,16+/m1/s1. The molecular formula is C18H12ClF3O4. The van der Waals surface area contributed by atoms with Crippen LogP contribution in [0.3, 0.4) is 0 Å². The van der Waals surface area contributed by atoms with E-state index in [4.69, 9.17) is 21.4 Å². The third-order valence-corrected chi connectivity index (χ3v) is 4.38. The number of carboxylic acid groups (broad SMARTS) is 1. The van der Waals surface area contributed by atoms with Crippen molar-refractivity contribution in [2.45, 2.75) is 18.7 Å². The van der Waals surface area contributed by atoms with E-state index in [-0.39, 0.29) is 29.1 Å². The Hall–Kier alpha value is -2.54. The highest BCUT2D eigenvalue weighted by molar-refractivity contribution is 6.30. The average Bonchev–Trinajstić information content (AvgIpc) is 2.59. The molecule has 0 radical (unpaired) electrons. The van der Waals surface area contributed by atoms with Gasteiger partial charge >= 0.3 is 12.1 Å². The monoisotopic (exact) mass is 384 g/mol. The van der Waals surface area contributed by atoms with Crippen LogP contribution in [0.15, 0.2) is 42.5 Å². The van der Waals surface area contributed by atoms with Gasteiger partial charge in [0.1, 0.15) is 11.7 Å². The molecule has 1 heterocycles. The van der Waals surface area contributed by atoms with Gasteiger partial charge in [0.15, 0.2) is 5.78 Å². The zero-order valence-corrected chi connectivity index (χ0v) is 13.8. The molecule has 0 saturated heterocycles. The summed E-state index contributed by atoms with van der Waals surface area (Å²) in [5.41, 5.74) is 0.830. The Morgan fingerprint density at radius 1 is 1.08 bits per heavy atom. The predicted octanol–water partition coefficient (Wildman–Crippen LogP) is 4.14. The van der Waals surface area contributed by atoms with Crippen molar-refractivity contribution in [2.24, 2.45) is 5.92 Å². The van der Waals surface area contributed by atoms with E-state index in [0.29, 0.717) is 10.6 Å². The normalized spacial score (nSPS) is 19.4. The van der Waals surface area contributed by atoms with Crippen molar-refractivity contribution in [3.05, 3.63) is 64.2 Å². The maximum absolute atomic E-state index is 13.1. The number of carbonyl (C=O) groups is 2. The number of halogens is 4. The summed E-state index contributed by atoms with van der Waals surface area (Å²) in [5, 5.41) is 9.58. The van der Waals surface area contributed by atoms with Crippen LogP contribution < -0.4 is 4.74 Å². The Balaban J connectivity index is 1.94. The number of ether oxygens (including phenoxy) is 1. The Morgan fingerprint density at radius 3 is 2.27 bits per heavy atom. The van der Waals surface area contributed by atoms with E-state index in [0.717, 1.165) is 0 Å². The van der Waals surface area contributed by atoms with Crippen molar-refractivity contribution in [2.75, 3.05) is 0 Å². The summed E-state index contributed by atoms with van der Waals surface area (Å²) < 4.78 is 44.1. The fourth-order valence-electron chi connectivity index (χ4n) is 2.84. The number of benzene rings is 2. The number of hydrogen-bond donors (Lipinski definition) is 1. The van der Waals surface area contributed by atoms with Gasteiger partial charge in [0.2, 0.25) is 6.10 Å². The second-order valence-electron chi connectivity index (χ2n) is 5.89. The molecule has 2 atom stereocenters. The molecule has 2 aromatic rings. The largest absolute Gasteiger partial charge is 0.481 e. The molecule has 3 rings (SSSR count). The summed E-state index contributed by atoms with van der Waals surface area (Å²) >= 11 is 5.78. The average molecular weight is 385 g/mol. The molecule has 1 aliphatic rings. The number of rotatable bonds is 3. The molecule has 26 heavy (non-hydrogen) atoms. The van der Waals surface area contributed by atoms with Gasteiger partial charge in [-0.3, -0.25) is 9.59 Å². The number of hydrogen-bond acceptors (Lipinski definition) is 3. The number of carboxylic acids is 1. The van der Waals surface area contributed by atoms with Crippen molar-refractivity contribution < 1.29 is 32.6 Å². The maximum atomic E-state index is 13.1. The molecule has 2 aromatic carbocycles. The van der Waals surface area contributed by atoms with Crippen molar-refractivity contribution in [1.29, 1.82) is 0 Å². The van der Waals surface area contributed by atoms with Crippen LogP contribution in [0.2, 0.25) is 5.02 Å². The maximum Gasteiger partial charge on any atom is 0.426 e. The van der Waals surface area contributed by atoms with Crippen LogP contribution in [0.4, 0.5) is 13.2 Å². The summed E-state index contributed by atoms with van der Waals surface area (Å²) in [6.45, 7) is 0. The van der Waals surface area contributed by atoms with E-state index in [1.807, 2.05) is 0 Å². The van der Waals surface area contributed by atoms with Crippen LogP contribution in [0.25, 0.3) is 0 Å². The first-order valence-electron chi connectivity index (χ1n) is 7.56.